The second-order valence-electron chi connectivity index (χ2n) is 8.75. The lowest BCUT2D eigenvalue weighted by molar-refractivity contribution is -0.142. The minimum absolute atomic E-state index is 0.184. The van der Waals surface area contributed by atoms with Crippen LogP contribution in [0.15, 0.2) is 77.9 Å². The molecular weight excluding hydrogens is 486 g/mol. The van der Waals surface area contributed by atoms with E-state index in [1.54, 1.807) is 36.0 Å². The fraction of sp³-hybridized carbons (Fsp3) is 0.179. The van der Waals surface area contributed by atoms with Gasteiger partial charge in [-0.25, -0.2) is 0 Å². The van der Waals surface area contributed by atoms with E-state index in [0.29, 0.717) is 28.8 Å². The lowest BCUT2D eigenvalue weighted by Crippen LogP contribution is -2.25. The van der Waals surface area contributed by atoms with Gasteiger partial charge in [0.05, 0.1) is 24.6 Å². The first-order valence-electron chi connectivity index (χ1n) is 11.9. The largest absolute Gasteiger partial charge is 0.497 e. The van der Waals surface area contributed by atoms with Crippen LogP contribution in [0.2, 0.25) is 0 Å². The summed E-state index contributed by atoms with van der Waals surface area (Å²) in [6, 6.07) is 19.8. The van der Waals surface area contributed by atoms with Crippen molar-refractivity contribution < 1.29 is 19.1 Å². The van der Waals surface area contributed by atoms with Gasteiger partial charge in [0.1, 0.15) is 18.7 Å². The molecule has 2 aromatic heterocycles. The van der Waals surface area contributed by atoms with Gasteiger partial charge in [-0.05, 0) is 47.0 Å². The molecule has 0 aliphatic rings. The van der Waals surface area contributed by atoms with Crippen molar-refractivity contribution in [3.05, 3.63) is 106 Å². The van der Waals surface area contributed by atoms with E-state index < -0.39 is 0 Å². The Labute approximate surface area is 217 Å². The zero-order chi connectivity index (χ0) is 26.6. The van der Waals surface area contributed by atoms with Crippen LogP contribution in [0.5, 0.6) is 5.75 Å². The highest BCUT2D eigenvalue weighted by molar-refractivity contribution is 5.98. The number of nitrogens with one attached hydrogen (secondary N) is 1. The van der Waals surface area contributed by atoms with E-state index >= 15 is 0 Å². The highest BCUT2D eigenvalue weighted by Crippen LogP contribution is 2.17. The van der Waals surface area contributed by atoms with E-state index in [9.17, 15) is 14.4 Å². The molecule has 10 nitrogen and oxygen atoms in total. The number of carbonyl (C=O) groups is 2. The number of hydrogen-bond acceptors (Lipinski definition) is 7. The van der Waals surface area contributed by atoms with Crippen molar-refractivity contribution in [3.8, 4) is 5.75 Å². The molecule has 0 saturated heterocycles. The van der Waals surface area contributed by atoms with Gasteiger partial charge < -0.3 is 14.8 Å². The summed E-state index contributed by atoms with van der Waals surface area (Å²) in [5.74, 6) is 0.494. The van der Waals surface area contributed by atoms with Gasteiger partial charge in [0, 0.05) is 19.0 Å². The second kappa shape index (κ2) is 10.6. The summed E-state index contributed by atoms with van der Waals surface area (Å²) in [5, 5.41) is 11.4. The Morgan fingerprint density at radius 1 is 0.947 bits per heavy atom. The fourth-order valence-electron chi connectivity index (χ4n) is 4.16. The van der Waals surface area contributed by atoms with Crippen LogP contribution in [0.3, 0.4) is 0 Å². The molecule has 0 fully saturated rings. The van der Waals surface area contributed by atoms with Gasteiger partial charge in [-0.15, -0.1) is 10.2 Å². The molecule has 2 heterocycles. The highest BCUT2D eigenvalue weighted by atomic mass is 16.5. The highest BCUT2D eigenvalue weighted by Gasteiger charge is 2.15. The second-order valence-corrected chi connectivity index (χ2v) is 8.75. The first kappa shape index (κ1) is 24.7. The number of benzene rings is 3. The van der Waals surface area contributed by atoms with Crippen molar-refractivity contribution >= 4 is 28.6 Å². The van der Waals surface area contributed by atoms with Crippen LogP contribution < -0.4 is 15.6 Å². The van der Waals surface area contributed by atoms with Gasteiger partial charge in [0.2, 0.25) is 5.78 Å². The van der Waals surface area contributed by atoms with Crippen LogP contribution >= 0.6 is 0 Å². The molecule has 0 saturated carbocycles. The number of nitrogens with zero attached hydrogens (tertiary/aromatic N) is 4. The van der Waals surface area contributed by atoms with Gasteiger partial charge in [0.25, 0.3) is 11.5 Å². The maximum absolute atomic E-state index is 13.6. The molecule has 3 aromatic carbocycles. The summed E-state index contributed by atoms with van der Waals surface area (Å²) in [5.41, 5.74) is 3.32. The molecule has 0 atom stereocenters. The first-order valence-corrected chi connectivity index (χ1v) is 11.9. The number of rotatable bonds is 8. The Morgan fingerprint density at radius 3 is 2.37 bits per heavy atom. The first-order chi connectivity index (χ1) is 18.4. The van der Waals surface area contributed by atoms with E-state index in [1.165, 1.54) is 11.5 Å². The van der Waals surface area contributed by atoms with Crippen LogP contribution in [0, 0.1) is 0 Å². The van der Waals surface area contributed by atoms with Crippen LogP contribution in [0.4, 0.5) is 0 Å². The normalized spacial score (nSPS) is 11.0. The van der Waals surface area contributed by atoms with E-state index in [1.807, 2.05) is 48.5 Å². The molecule has 192 valence electrons. The number of methoxy groups -OCH3 is 1. The molecule has 0 aliphatic carbocycles. The number of aromatic nitrogens is 4. The zero-order valence-corrected chi connectivity index (χ0v) is 20.9. The van der Waals surface area contributed by atoms with Crippen molar-refractivity contribution in [2.24, 2.45) is 0 Å². The zero-order valence-electron chi connectivity index (χ0n) is 20.9. The molecule has 38 heavy (non-hydrogen) atoms. The molecule has 0 unspecified atom stereocenters. The summed E-state index contributed by atoms with van der Waals surface area (Å²) in [4.78, 5) is 37.5. The molecule has 5 aromatic rings. The Morgan fingerprint density at radius 2 is 1.66 bits per heavy atom. The number of fused-ring (bicyclic) bond motifs is 3. The van der Waals surface area contributed by atoms with Crippen LogP contribution in [-0.2, 0) is 29.2 Å². The molecule has 0 spiro atoms. The van der Waals surface area contributed by atoms with Gasteiger partial charge in [-0.2, -0.15) is 0 Å². The monoisotopic (exact) mass is 511 g/mol. The number of carbonyl (C=O) groups excluding carboxylic acids is 2. The minimum Gasteiger partial charge on any atom is -0.497 e. The van der Waals surface area contributed by atoms with Crippen LogP contribution in [0.25, 0.3) is 16.7 Å². The number of amides is 1. The van der Waals surface area contributed by atoms with Crippen LogP contribution in [-0.4, -0.2) is 38.2 Å². The lowest BCUT2D eigenvalue weighted by atomic mass is 10.1. The van der Waals surface area contributed by atoms with Gasteiger partial charge in [0.15, 0.2) is 0 Å². The van der Waals surface area contributed by atoms with Crippen molar-refractivity contribution in [3.63, 3.8) is 0 Å². The van der Waals surface area contributed by atoms with Crippen molar-refractivity contribution in [2.75, 3.05) is 7.11 Å². The number of hydrogen-bond donors (Lipinski definition) is 1. The molecule has 0 radical (unpaired) electrons. The third-order valence-electron chi connectivity index (χ3n) is 6.18. The summed E-state index contributed by atoms with van der Waals surface area (Å²) >= 11 is 0. The van der Waals surface area contributed by atoms with E-state index in [0.717, 1.165) is 22.4 Å². The van der Waals surface area contributed by atoms with Gasteiger partial charge >= 0.3 is 5.97 Å². The summed E-state index contributed by atoms with van der Waals surface area (Å²) in [6.45, 7) is 2.13. The third-order valence-corrected chi connectivity index (χ3v) is 6.18. The van der Waals surface area contributed by atoms with Crippen LogP contribution in [0.1, 0.15) is 34.0 Å². The topological polar surface area (TPSA) is 117 Å². The molecule has 0 bridgehead atoms. The molecule has 10 heteroatoms. The Balaban J connectivity index is 1.42. The maximum atomic E-state index is 13.6. The quantitative estimate of drug-likeness (QED) is 0.318. The van der Waals surface area contributed by atoms with Crippen molar-refractivity contribution in [1.29, 1.82) is 0 Å². The molecule has 1 N–H and O–H groups in total. The molecule has 0 aliphatic heterocycles. The van der Waals surface area contributed by atoms with Crippen molar-refractivity contribution in [1.82, 2.24) is 24.5 Å². The van der Waals surface area contributed by atoms with E-state index in [4.69, 9.17) is 9.47 Å². The van der Waals surface area contributed by atoms with E-state index in [-0.39, 0.29) is 30.6 Å². The standard InChI is InChI=1S/C28H25N5O5/c1-18(34)38-16-21-5-3-20(4-6-21)15-32-27(36)24-13-22(9-12-25(24)33-17-30-31-28(32)33)26(35)29-14-19-7-10-23(37-2)11-8-19/h3-13,17H,14-16H2,1-2H3,(H,29,35). The van der Waals surface area contributed by atoms with E-state index in [2.05, 4.69) is 15.5 Å². The molecular formula is C28H25N5O5. The number of ether oxygens (including phenoxy) is 2. The predicted molar refractivity (Wildman–Crippen MR) is 140 cm³/mol. The average molecular weight is 512 g/mol. The lowest BCUT2D eigenvalue weighted by Gasteiger charge is -2.12. The Hall–Kier alpha value is -4.99. The molecule has 1 amide bonds. The van der Waals surface area contributed by atoms with Crippen molar-refractivity contribution in [2.45, 2.75) is 26.6 Å². The third kappa shape index (κ3) is 5.10. The molecule has 5 rings (SSSR count). The number of esters is 1. The van der Waals surface area contributed by atoms with Gasteiger partial charge in [-0.3, -0.25) is 23.4 Å². The Bertz CT molecular complexity index is 1690. The Kier molecular flexibility index (Phi) is 6.86. The van der Waals surface area contributed by atoms with Gasteiger partial charge in [-0.1, -0.05) is 36.4 Å². The maximum Gasteiger partial charge on any atom is 0.302 e. The average Bonchev–Trinajstić information content (AvgIpc) is 3.43. The predicted octanol–water partition coefficient (Wildman–Crippen LogP) is 3.09. The SMILES string of the molecule is COc1ccc(CNC(=O)c2ccc3c(c2)c(=O)n(Cc2ccc(COC(C)=O)cc2)c2nncn32)cc1. The summed E-state index contributed by atoms with van der Waals surface area (Å²) < 4.78 is 13.4. The summed E-state index contributed by atoms with van der Waals surface area (Å²) in [6.07, 6.45) is 1.54. The smallest absolute Gasteiger partial charge is 0.302 e. The summed E-state index contributed by atoms with van der Waals surface area (Å²) in [7, 11) is 1.60. The minimum atomic E-state index is -0.347. The fourth-order valence-corrected chi connectivity index (χ4v) is 4.16.